The summed E-state index contributed by atoms with van der Waals surface area (Å²) in [5.41, 5.74) is 0.920. The predicted octanol–water partition coefficient (Wildman–Crippen LogP) is 2.81. The Morgan fingerprint density at radius 1 is 1.18 bits per heavy atom. The summed E-state index contributed by atoms with van der Waals surface area (Å²) in [4.78, 5) is 41.3. The van der Waals surface area contributed by atoms with Crippen LogP contribution in [0.1, 0.15) is 32.1 Å². The van der Waals surface area contributed by atoms with E-state index in [9.17, 15) is 14.0 Å². The number of nitrogens with one attached hydrogen (secondary N) is 2. The predicted molar refractivity (Wildman–Crippen MR) is 141 cm³/mol. The Balaban J connectivity index is 1.38. The van der Waals surface area contributed by atoms with Crippen LogP contribution in [0.5, 0.6) is 0 Å². The van der Waals surface area contributed by atoms with Crippen LogP contribution < -0.4 is 10.4 Å². The molecule has 0 radical (unpaired) electrons. The first kappa shape index (κ1) is 28.6. The molecule has 39 heavy (non-hydrogen) atoms. The van der Waals surface area contributed by atoms with Crippen molar-refractivity contribution in [2.24, 2.45) is 0 Å². The minimum atomic E-state index is -4.69. The van der Waals surface area contributed by atoms with Crippen LogP contribution in [0.15, 0.2) is 36.7 Å². The van der Waals surface area contributed by atoms with Crippen molar-refractivity contribution in [2.45, 2.75) is 50.5 Å². The highest BCUT2D eigenvalue weighted by Crippen LogP contribution is 2.53. The van der Waals surface area contributed by atoms with Gasteiger partial charge in [-0.15, -0.1) is 0 Å². The lowest BCUT2D eigenvalue weighted by atomic mass is 9.95. The molecule has 2 saturated heterocycles. The van der Waals surface area contributed by atoms with Gasteiger partial charge in [0.05, 0.1) is 12.9 Å². The highest BCUT2D eigenvalue weighted by atomic mass is 35.5. The number of benzene rings is 1. The topological polar surface area (TPSA) is 190 Å². The molecular formula is C22H29ClN6O8P2. The zero-order chi connectivity index (χ0) is 28.1. The van der Waals surface area contributed by atoms with E-state index in [1.165, 1.54) is 0 Å². The lowest BCUT2D eigenvalue weighted by Gasteiger charge is -2.27. The Morgan fingerprint density at radius 2 is 1.92 bits per heavy atom. The molecule has 3 unspecified atom stereocenters. The van der Waals surface area contributed by atoms with Gasteiger partial charge in [0.15, 0.2) is 29.0 Å². The molecule has 1 aromatic carbocycles. The number of aromatic nitrogens is 4. The quantitative estimate of drug-likeness (QED) is 0.168. The van der Waals surface area contributed by atoms with Gasteiger partial charge in [0.2, 0.25) is 5.28 Å². The molecular weight excluding hydrogens is 574 g/mol. The van der Waals surface area contributed by atoms with Gasteiger partial charge >= 0.3 is 7.60 Å². The van der Waals surface area contributed by atoms with Crippen LogP contribution >= 0.6 is 26.7 Å². The van der Waals surface area contributed by atoms with Crippen molar-refractivity contribution in [3.05, 3.63) is 47.5 Å². The first-order valence-electron chi connectivity index (χ1n) is 12.0. The van der Waals surface area contributed by atoms with E-state index in [4.69, 9.17) is 35.6 Å². The Hall–Kier alpha value is -1.96. The van der Waals surface area contributed by atoms with E-state index >= 15 is 0 Å². The van der Waals surface area contributed by atoms with Crippen molar-refractivity contribution >= 4 is 43.7 Å². The Labute approximate surface area is 228 Å². The Bertz CT molecular complexity index is 1450. The average Bonchev–Trinajstić information content (AvgIpc) is 3.45. The van der Waals surface area contributed by atoms with Gasteiger partial charge in [-0.05, 0) is 37.4 Å². The van der Waals surface area contributed by atoms with Crippen molar-refractivity contribution in [3.63, 3.8) is 0 Å². The Kier molecular flexibility index (Phi) is 7.66. The van der Waals surface area contributed by atoms with Crippen molar-refractivity contribution in [1.82, 2.24) is 24.6 Å². The van der Waals surface area contributed by atoms with Crippen LogP contribution in [0.2, 0.25) is 5.28 Å². The summed E-state index contributed by atoms with van der Waals surface area (Å²) in [6.07, 6.45) is 0.330. The van der Waals surface area contributed by atoms with E-state index < -0.39 is 44.7 Å². The molecule has 212 valence electrons. The zero-order valence-electron chi connectivity index (χ0n) is 21.1. The molecule has 2 fully saturated rings. The molecule has 17 heteroatoms. The van der Waals surface area contributed by atoms with Crippen molar-refractivity contribution < 1.29 is 38.0 Å². The van der Waals surface area contributed by atoms with Crippen LogP contribution in [-0.4, -0.2) is 70.7 Å². The molecule has 5 N–H and O–H groups in total. The van der Waals surface area contributed by atoms with Gasteiger partial charge in [0.25, 0.3) is 7.52 Å². The number of hydrogen-bond donors (Lipinski definition) is 5. The molecule has 2 aliphatic heterocycles. The van der Waals surface area contributed by atoms with Gasteiger partial charge in [0, 0.05) is 13.1 Å². The fourth-order valence-corrected chi connectivity index (χ4v) is 7.97. The van der Waals surface area contributed by atoms with E-state index in [0.29, 0.717) is 23.5 Å². The first-order valence-corrected chi connectivity index (χ1v) is 16.1. The molecule has 2 aromatic heterocycles. The SMILES string of the molecule is CC1(C)OC2[C@H](n3cnc4c(NCc5ccccc5)nc(Cl)nc43)OCC2(CCNP(=O)(O)CP(=O)(O)O)O1. The van der Waals surface area contributed by atoms with Crippen LogP contribution in [-0.2, 0) is 29.9 Å². The smallest absolute Gasteiger partial charge is 0.336 e. The van der Waals surface area contributed by atoms with Gasteiger partial charge in [-0.2, -0.15) is 9.97 Å². The zero-order valence-corrected chi connectivity index (χ0v) is 23.6. The molecule has 4 atom stereocenters. The fraction of sp³-hybridized carbons (Fsp3) is 0.500. The lowest BCUT2D eigenvalue weighted by molar-refractivity contribution is -0.196. The minimum absolute atomic E-state index is 0.0148. The van der Waals surface area contributed by atoms with Gasteiger partial charge in [-0.25, -0.2) is 10.1 Å². The number of fused-ring (bicyclic) bond motifs is 2. The highest BCUT2D eigenvalue weighted by Gasteiger charge is 2.61. The summed E-state index contributed by atoms with van der Waals surface area (Å²) in [5, 5.41) is 5.63. The lowest BCUT2D eigenvalue weighted by Crippen LogP contribution is -2.43. The van der Waals surface area contributed by atoms with Gasteiger partial charge < -0.3 is 34.2 Å². The molecule has 0 saturated carbocycles. The maximum atomic E-state index is 12.2. The number of halogens is 1. The molecule has 0 aliphatic carbocycles. The van der Waals surface area contributed by atoms with E-state index in [2.05, 4.69) is 25.4 Å². The fourth-order valence-electron chi connectivity index (χ4n) is 4.94. The third-order valence-corrected chi connectivity index (χ3v) is 10.3. The molecule has 0 spiro atoms. The second-order valence-electron chi connectivity index (χ2n) is 9.98. The maximum Gasteiger partial charge on any atom is 0.336 e. The second-order valence-corrected chi connectivity index (χ2v) is 14.5. The number of hydrogen-bond acceptors (Lipinski definition) is 9. The molecule has 0 bridgehead atoms. The largest absolute Gasteiger partial charge is 0.364 e. The Morgan fingerprint density at radius 3 is 2.64 bits per heavy atom. The second kappa shape index (κ2) is 10.5. The highest BCUT2D eigenvalue weighted by molar-refractivity contribution is 7.71. The number of anilines is 1. The van der Waals surface area contributed by atoms with Gasteiger partial charge in [-0.1, -0.05) is 30.3 Å². The third kappa shape index (κ3) is 6.36. The molecule has 2 aliphatic rings. The standard InChI is InChI=1S/C22H29ClN6O8P2/c1-21(2)36-16-19(35-11-22(16,37-21)8-9-26-38(30,31)13-39(32,33)34)29-12-25-15-17(27-20(23)28-18(15)29)24-10-14-6-4-3-5-7-14/h3-7,12,16,19H,8-11,13H2,1-2H3,(H,24,27,28)(H2,26,30,31)(H2,32,33,34)/t16?,19-,22?/m1/s1. The van der Waals surface area contributed by atoms with Crippen LogP contribution in [0.25, 0.3) is 11.2 Å². The van der Waals surface area contributed by atoms with Gasteiger partial charge in [-0.3, -0.25) is 13.7 Å². The molecule has 14 nitrogen and oxygen atoms in total. The van der Waals surface area contributed by atoms with Crippen LogP contribution in [0, 0.1) is 0 Å². The van der Waals surface area contributed by atoms with Crippen molar-refractivity contribution in [3.8, 4) is 0 Å². The monoisotopic (exact) mass is 602 g/mol. The van der Waals surface area contributed by atoms with Crippen molar-refractivity contribution in [1.29, 1.82) is 0 Å². The number of imidazole rings is 1. The maximum absolute atomic E-state index is 12.2. The van der Waals surface area contributed by atoms with Gasteiger partial charge in [0.1, 0.15) is 17.6 Å². The van der Waals surface area contributed by atoms with E-state index in [0.717, 1.165) is 5.56 Å². The summed E-state index contributed by atoms with van der Waals surface area (Å²) in [6.45, 7) is 4.00. The van der Waals surface area contributed by atoms with Crippen molar-refractivity contribution in [2.75, 3.05) is 24.4 Å². The summed E-state index contributed by atoms with van der Waals surface area (Å²) in [7, 11) is -8.97. The summed E-state index contributed by atoms with van der Waals surface area (Å²) < 4.78 is 43.7. The summed E-state index contributed by atoms with van der Waals surface area (Å²) in [6, 6.07) is 9.77. The average molecular weight is 603 g/mol. The molecule has 5 rings (SSSR count). The molecule has 0 amide bonds. The summed E-state index contributed by atoms with van der Waals surface area (Å²) >= 11 is 6.27. The van der Waals surface area contributed by atoms with Crippen LogP contribution in [0.3, 0.4) is 0 Å². The van der Waals surface area contributed by atoms with E-state index in [-0.39, 0.29) is 24.9 Å². The van der Waals surface area contributed by atoms with Crippen LogP contribution in [0.4, 0.5) is 5.82 Å². The van der Waals surface area contributed by atoms with E-state index in [1.807, 2.05) is 30.3 Å². The first-order chi connectivity index (χ1) is 18.3. The molecule has 3 aromatic rings. The molecule has 4 heterocycles. The normalized spacial score (nSPS) is 26.0. The number of ether oxygens (including phenoxy) is 3. The minimum Gasteiger partial charge on any atom is -0.364 e. The number of nitrogens with zero attached hydrogens (tertiary/aromatic N) is 4. The summed E-state index contributed by atoms with van der Waals surface area (Å²) in [5.74, 6) is -1.71. The third-order valence-electron chi connectivity index (χ3n) is 6.39. The van der Waals surface area contributed by atoms with E-state index in [1.54, 1.807) is 24.7 Å². The number of rotatable bonds is 10.